The highest BCUT2D eigenvalue weighted by Crippen LogP contribution is 2.36. The Morgan fingerprint density at radius 2 is 2.32 bits per heavy atom. The molecular formula is C22H23FN4O3S. The molecule has 0 bridgehead atoms. The van der Waals surface area contributed by atoms with Gasteiger partial charge in [0.2, 0.25) is 5.91 Å². The van der Waals surface area contributed by atoms with Crippen LogP contribution in [-0.4, -0.2) is 50.7 Å². The maximum absolute atomic E-state index is 14.6. The summed E-state index contributed by atoms with van der Waals surface area (Å²) < 4.78 is 20.2. The number of nitrogens with one attached hydrogen (secondary N) is 2. The van der Waals surface area contributed by atoms with Crippen molar-refractivity contribution in [1.29, 1.82) is 5.26 Å². The minimum absolute atomic E-state index is 0.0330. The fourth-order valence-corrected chi connectivity index (χ4v) is 4.82. The molecule has 0 radical (unpaired) electrons. The number of amides is 2. The summed E-state index contributed by atoms with van der Waals surface area (Å²) >= 11 is 1.25. The number of rotatable bonds is 5. The van der Waals surface area contributed by atoms with Gasteiger partial charge in [0.15, 0.2) is 0 Å². The molecular weight excluding hydrogens is 419 g/mol. The largest absolute Gasteiger partial charge is 0.367 e. The van der Waals surface area contributed by atoms with E-state index in [1.165, 1.54) is 17.4 Å². The molecule has 2 amide bonds. The Hall–Kier alpha value is -2.80. The van der Waals surface area contributed by atoms with Gasteiger partial charge in [-0.15, -0.1) is 11.3 Å². The van der Waals surface area contributed by atoms with Gasteiger partial charge in [-0.2, -0.15) is 5.26 Å². The van der Waals surface area contributed by atoms with Crippen LogP contribution in [0.1, 0.15) is 16.9 Å². The summed E-state index contributed by atoms with van der Waals surface area (Å²) in [5.74, 6) is -0.748. The topological polar surface area (TPSA) is 94.5 Å². The first-order valence-corrected chi connectivity index (χ1v) is 11.0. The molecule has 2 aliphatic rings. The molecule has 4 rings (SSSR count). The van der Waals surface area contributed by atoms with E-state index in [0.717, 1.165) is 29.8 Å². The predicted octanol–water partition coefficient (Wildman–Crippen LogP) is 2.00. The monoisotopic (exact) mass is 442 g/mol. The SMILES string of the molecule is CN1C(=O)Cc2ccc(-c3cc(F)c(C[C@@H](C#N)NC(=O)C4CNCCCO4)s3)cc21. The van der Waals surface area contributed by atoms with Crippen molar-refractivity contribution in [3.05, 3.63) is 40.5 Å². The third kappa shape index (κ3) is 4.61. The van der Waals surface area contributed by atoms with Gasteiger partial charge >= 0.3 is 0 Å². The van der Waals surface area contributed by atoms with E-state index in [-0.39, 0.29) is 18.2 Å². The summed E-state index contributed by atoms with van der Waals surface area (Å²) in [7, 11) is 1.73. The van der Waals surface area contributed by atoms with Crippen molar-refractivity contribution in [3.63, 3.8) is 0 Å². The van der Waals surface area contributed by atoms with Crippen molar-refractivity contribution in [1.82, 2.24) is 10.6 Å². The summed E-state index contributed by atoms with van der Waals surface area (Å²) in [6, 6.07) is 8.28. The number of likely N-dealkylation sites (N-methyl/N-ethyl adjacent to an activating group) is 1. The molecule has 162 valence electrons. The number of thiophene rings is 1. The number of carbonyl (C=O) groups excluding carboxylic acids is 2. The third-order valence-corrected chi connectivity index (χ3v) is 6.69. The first-order valence-electron chi connectivity index (χ1n) is 10.2. The van der Waals surface area contributed by atoms with Crippen LogP contribution >= 0.6 is 11.3 Å². The van der Waals surface area contributed by atoms with E-state index in [1.54, 1.807) is 11.9 Å². The van der Waals surface area contributed by atoms with E-state index >= 15 is 0 Å². The van der Waals surface area contributed by atoms with Gasteiger partial charge in [0.05, 0.1) is 12.5 Å². The standard InChI is InChI=1S/C22H23FN4O3S/c1-27-17-7-14(4-3-13(17)8-21(27)28)19-10-16(23)20(31-19)9-15(11-24)26-22(29)18-12-25-5-2-6-30-18/h3-4,7,10,15,18,25H,2,5-6,8-9,12H2,1H3,(H,26,29)/t15-,18?/m0/s1. The molecule has 2 aromatic rings. The van der Waals surface area contributed by atoms with Crippen molar-refractivity contribution in [2.45, 2.75) is 31.4 Å². The van der Waals surface area contributed by atoms with Gasteiger partial charge in [-0.3, -0.25) is 9.59 Å². The Morgan fingerprint density at radius 1 is 1.48 bits per heavy atom. The third-order valence-electron chi connectivity index (χ3n) is 5.51. The molecule has 3 heterocycles. The zero-order valence-electron chi connectivity index (χ0n) is 17.1. The second-order valence-electron chi connectivity index (χ2n) is 7.67. The molecule has 2 aliphatic heterocycles. The van der Waals surface area contributed by atoms with Crippen LogP contribution in [-0.2, 0) is 27.2 Å². The molecule has 1 unspecified atom stereocenters. The van der Waals surface area contributed by atoms with E-state index in [2.05, 4.69) is 10.6 Å². The number of ether oxygens (including phenoxy) is 1. The fourth-order valence-electron chi connectivity index (χ4n) is 3.74. The maximum Gasteiger partial charge on any atom is 0.251 e. The van der Waals surface area contributed by atoms with Crippen LogP contribution in [0, 0.1) is 17.1 Å². The number of hydrogen-bond acceptors (Lipinski definition) is 6. The molecule has 31 heavy (non-hydrogen) atoms. The molecule has 0 saturated carbocycles. The van der Waals surface area contributed by atoms with Gasteiger partial charge in [-0.25, -0.2) is 4.39 Å². The first kappa shape index (κ1) is 21.4. The number of fused-ring (bicyclic) bond motifs is 1. The predicted molar refractivity (Wildman–Crippen MR) is 115 cm³/mol. The average molecular weight is 443 g/mol. The van der Waals surface area contributed by atoms with Crippen molar-refractivity contribution in [3.8, 4) is 16.5 Å². The smallest absolute Gasteiger partial charge is 0.251 e. The van der Waals surface area contributed by atoms with Gasteiger partial charge in [0, 0.05) is 42.1 Å². The lowest BCUT2D eigenvalue weighted by molar-refractivity contribution is -0.132. The van der Waals surface area contributed by atoms with Crippen molar-refractivity contribution < 1.29 is 18.7 Å². The molecule has 2 atom stereocenters. The Balaban J connectivity index is 1.47. The van der Waals surface area contributed by atoms with Crippen molar-refractivity contribution in [2.24, 2.45) is 0 Å². The van der Waals surface area contributed by atoms with Crippen LogP contribution in [0.3, 0.4) is 0 Å². The van der Waals surface area contributed by atoms with E-state index < -0.39 is 18.0 Å². The van der Waals surface area contributed by atoms with E-state index in [9.17, 15) is 19.2 Å². The second-order valence-corrected chi connectivity index (χ2v) is 8.80. The maximum atomic E-state index is 14.6. The Labute approximate surface area is 183 Å². The minimum Gasteiger partial charge on any atom is -0.367 e. The average Bonchev–Trinajstić information content (AvgIpc) is 3.11. The quantitative estimate of drug-likeness (QED) is 0.739. The summed E-state index contributed by atoms with van der Waals surface area (Å²) in [6.07, 6.45) is 0.608. The lowest BCUT2D eigenvalue weighted by Gasteiger charge is -2.17. The van der Waals surface area contributed by atoms with Gasteiger partial charge < -0.3 is 20.3 Å². The molecule has 1 fully saturated rings. The van der Waals surface area contributed by atoms with Gasteiger partial charge in [-0.1, -0.05) is 12.1 Å². The van der Waals surface area contributed by atoms with Gasteiger partial charge in [0.25, 0.3) is 5.91 Å². The Kier molecular flexibility index (Phi) is 6.32. The van der Waals surface area contributed by atoms with E-state index in [0.29, 0.717) is 29.3 Å². The zero-order valence-corrected chi connectivity index (χ0v) is 17.9. The van der Waals surface area contributed by atoms with Crippen LogP contribution in [0.4, 0.5) is 10.1 Å². The van der Waals surface area contributed by atoms with Crippen LogP contribution in [0.25, 0.3) is 10.4 Å². The highest BCUT2D eigenvalue weighted by Gasteiger charge is 2.26. The number of benzene rings is 1. The summed E-state index contributed by atoms with van der Waals surface area (Å²) in [4.78, 5) is 27.1. The van der Waals surface area contributed by atoms with E-state index in [1.807, 2.05) is 24.3 Å². The lowest BCUT2D eigenvalue weighted by atomic mass is 10.1. The summed E-state index contributed by atoms with van der Waals surface area (Å²) in [5, 5.41) is 15.3. The number of carbonyl (C=O) groups is 2. The van der Waals surface area contributed by atoms with Gasteiger partial charge in [-0.05, 0) is 36.2 Å². The number of nitrogens with zero attached hydrogens (tertiary/aromatic N) is 2. The van der Waals surface area contributed by atoms with Crippen LogP contribution in [0.15, 0.2) is 24.3 Å². The molecule has 1 aromatic heterocycles. The van der Waals surface area contributed by atoms with E-state index in [4.69, 9.17) is 4.74 Å². The zero-order chi connectivity index (χ0) is 22.0. The fraction of sp³-hybridized carbons (Fsp3) is 0.409. The van der Waals surface area contributed by atoms with Crippen LogP contribution in [0.2, 0.25) is 0 Å². The number of nitriles is 1. The molecule has 0 spiro atoms. The molecule has 7 nitrogen and oxygen atoms in total. The number of halogens is 1. The van der Waals surface area contributed by atoms with Crippen LogP contribution in [0.5, 0.6) is 0 Å². The number of hydrogen-bond donors (Lipinski definition) is 2. The van der Waals surface area contributed by atoms with Crippen LogP contribution < -0.4 is 15.5 Å². The lowest BCUT2D eigenvalue weighted by Crippen LogP contribution is -2.46. The second kappa shape index (κ2) is 9.14. The highest BCUT2D eigenvalue weighted by atomic mass is 32.1. The van der Waals surface area contributed by atoms with Crippen molar-refractivity contribution in [2.75, 3.05) is 31.6 Å². The normalized spacial score (nSPS) is 19.5. The molecule has 1 aromatic carbocycles. The summed E-state index contributed by atoms with van der Waals surface area (Å²) in [5.41, 5.74) is 2.60. The molecule has 1 saturated heterocycles. The summed E-state index contributed by atoms with van der Waals surface area (Å²) in [6.45, 7) is 1.64. The number of anilines is 1. The minimum atomic E-state index is -0.857. The molecule has 0 aliphatic carbocycles. The highest BCUT2D eigenvalue weighted by molar-refractivity contribution is 7.15. The van der Waals surface area contributed by atoms with Crippen molar-refractivity contribution >= 4 is 28.8 Å². The Bertz CT molecular complexity index is 1040. The first-order chi connectivity index (χ1) is 15.0. The molecule has 9 heteroatoms. The Morgan fingerprint density at radius 3 is 3.13 bits per heavy atom. The molecule has 2 N–H and O–H groups in total. The van der Waals surface area contributed by atoms with Gasteiger partial charge in [0.1, 0.15) is 18.0 Å².